The molecular formula is C16H21ClFNO2. The minimum Gasteiger partial charge on any atom is -0.489 e. The molecule has 5 heteroatoms. The standard InChI is InChI=1S/C16H21ClFNO2/c17-11-9-12-15(21-8-4-7-20-12)13(14(11)18)16(10-19)5-2-1-3-6-16/h9H,1-8,10,19H2. The monoisotopic (exact) mass is 313 g/mol. The van der Waals surface area contributed by atoms with Gasteiger partial charge in [-0.1, -0.05) is 30.9 Å². The number of benzene rings is 1. The first-order valence-electron chi connectivity index (χ1n) is 7.66. The average molecular weight is 314 g/mol. The van der Waals surface area contributed by atoms with Gasteiger partial charge in [-0.25, -0.2) is 4.39 Å². The van der Waals surface area contributed by atoms with Gasteiger partial charge in [0.1, 0.15) is 5.82 Å². The highest BCUT2D eigenvalue weighted by Crippen LogP contribution is 2.49. The first-order chi connectivity index (χ1) is 10.2. The Balaban J connectivity index is 2.17. The SMILES string of the molecule is NCC1(c2c(F)c(Cl)cc3c2OCCCO3)CCCCC1. The van der Waals surface area contributed by atoms with Gasteiger partial charge in [-0.2, -0.15) is 0 Å². The Morgan fingerprint density at radius 3 is 2.57 bits per heavy atom. The van der Waals surface area contributed by atoms with Gasteiger partial charge in [-0.15, -0.1) is 0 Å². The second-order valence-corrected chi connectivity index (χ2v) is 6.38. The largest absolute Gasteiger partial charge is 0.489 e. The van der Waals surface area contributed by atoms with Crippen molar-refractivity contribution in [1.82, 2.24) is 0 Å². The third-order valence-electron chi connectivity index (χ3n) is 4.66. The van der Waals surface area contributed by atoms with Crippen molar-refractivity contribution in [3.8, 4) is 11.5 Å². The maximum Gasteiger partial charge on any atom is 0.167 e. The van der Waals surface area contributed by atoms with Gasteiger partial charge in [0.2, 0.25) is 0 Å². The van der Waals surface area contributed by atoms with Gasteiger partial charge < -0.3 is 15.2 Å². The Bertz CT molecular complexity index is 529. The molecule has 1 aliphatic heterocycles. The summed E-state index contributed by atoms with van der Waals surface area (Å²) in [6, 6.07) is 1.52. The molecule has 0 spiro atoms. The Hall–Kier alpha value is -1.00. The smallest absolute Gasteiger partial charge is 0.167 e. The molecule has 3 rings (SSSR count). The average Bonchev–Trinajstić information content (AvgIpc) is 2.74. The lowest BCUT2D eigenvalue weighted by atomic mass is 9.69. The van der Waals surface area contributed by atoms with E-state index >= 15 is 0 Å². The molecule has 0 aromatic heterocycles. The van der Waals surface area contributed by atoms with E-state index in [2.05, 4.69) is 0 Å². The molecule has 1 aromatic rings. The quantitative estimate of drug-likeness (QED) is 0.903. The fourth-order valence-electron chi connectivity index (χ4n) is 3.51. The summed E-state index contributed by atoms with van der Waals surface area (Å²) in [6.45, 7) is 1.49. The summed E-state index contributed by atoms with van der Waals surface area (Å²) in [4.78, 5) is 0. The molecule has 1 heterocycles. The van der Waals surface area contributed by atoms with Gasteiger partial charge in [0.15, 0.2) is 11.5 Å². The molecule has 0 radical (unpaired) electrons. The van der Waals surface area contributed by atoms with Crippen LogP contribution in [0.1, 0.15) is 44.1 Å². The highest BCUT2D eigenvalue weighted by molar-refractivity contribution is 6.31. The summed E-state index contributed by atoms with van der Waals surface area (Å²) >= 11 is 6.09. The first kappa shape index (κ1) is 14.9. The number of rotatable bonds is 2. The van der Waals surface area contributed by atoms with E-state index in [1.165, 1.54) is 12.5 Å². The fraction of sp³-hybridized carbons (Fsp3) is 0.625. The van der Waals surface area contributed by atoms with E-state index in [1.54, 1.807) is 0 Å². The summed E-state index contributed by atoms with van der Waals surface area (Å²) < 4.78 is 26.3. The number of fused-ring (bicyclic) bond motifs is 1. The molecule has 3 nitrogen and oxygen atoms in total. The molecule has 1 fully saturated rings. The lowest BCUT2D eigenvalue weighted by Crippen LogP contribution is -2.38. The van der Waals surface area contributed by atoms with Crippen LogP contribution in [0.3, 0.4) is 0 Å². The lowest BCUT2D eigenvalue weighted by Gasteiger charge is -2.38. The minimum atomic E-state index is -0.395. The van der Waals surface area contributed by atoms with Gasteiger partial charge in [0.25, 0.3) is 0 Å². The third kappa shape index (κ3) is 2.59. The third-order valence-corrected chi connectivity index (χ3v) is 4.94. The maximum atomic E-state index is 14.8. The van der Waals surface area contributed by atoms with E-state index in [-0.39, 0.29) is 10.4 Å². The Morgan fingerprint density at radius 2 is 1.86 bits per heavy atom. The Kier molecular flexibility index (Phi) is 4.27. The van der Waals surface area contributed by atoms with Crippen LogP contribution in [-0.2, 0) is 5.41 Å². The molecular weight excluding hydrogens is 293 g/mol. The number of hydrogen-bond donors (Lipinski definition) is 1. The molecule has 0 bridgehead atoms. The normalized spacial score (nSPS) is 20.9. The predicted octanol–water partition coefficient (Wildman–Crippen LogP) is 3.80. The van der Waals surface area contributed by atoms with E-state index in [9.17, 15) is 4.39 Å². The zero-order chi connectivity index (χ0) is 14.9. The molecule has 2 N–H and O–H groups in total. The van der Waals surface area contributed by atoms with Crippen molar-refractivity contribution < 1.29 is 13.9 Å². The van der Waals surface area contributed by atoms with Gasteiger partial charge in [-0.05, 0) is 12.8 Å². The van der Waals surface area contributed by atoms with Crippen LogP contribution in [-0.4, -0.2) is 19.8 Å². The number of ether oxygens (including phenoxy) is 2. The zero-order valence-corrected chi connectivity index (χ0v) is 12.8. The van der Waals surface area contributed by atoms with Crippen molar-refractivity contribution in [2.75, 3.05) is 19.8 Å². The van der Waals surface area contributed by atoms with Gasteiger partial charge in [-0.3, -0.25) is 0 Å². The summed E-state index contributed by atoms with van der Waals surface area (Å²) in [7, 11) is 0. The molecule has 0 saturated heterocycles. The van der Waals surface area contributed by atoms with Crippen molar-refractivity contribution in [3.05, 3.63) is 22.5 Å². The van der Waals surface area contributed by atoms with E-state index in [1.807, 2.05) is 0 Å². The molecule has 1 aliphatic carbocycles. The van der Waals surface area contributed by atoms with Gasteiger partial charge in [0, 0.05) is 30.0 Å². The van der Waals surface area contributed by atoms with Crippen molar-refractivity contribution >= 4 is 11.6 Å². The highest BCUT2D eigenvalue weighted by Gasteiger charge is 2.40. The van der Waals surface area contributed by atoms with Crippen LogP contribution in [0.5, 0.6) is 11.5 Å². The van der Waals surface area contributed by atoms with Crippen LogP contribution in [0.4, 0.5) is 4.39 Å². The predicted molar refractivity (Wildman–Crippen MR) is 80.8 cm³/mol. The number of hydrogen-bond acceptors (Lipinski definition) is 3. The summed E-state index contributed by atoms with van der Waals surface area (Å²) in [6.07, 6.45) is 5.80. The van der Waals surface area contributed by atoms with Crippen LogP contribution in [0.2, 0.25) is 5.02 Å². The van der Waals surface area contributed by atoms with Crippen LogP contribution >= 0.6 is 11.6 Å². The molecule has 21 heavy (non-hydrogen) atoms. The van der Waals surface area contributed by atoms with E-state index in [0.29, 0.717) is 36.8 Å². The number of nitrogens with two attached hydrogens (primary N) is 1. The van der Waals surface area contributed by atoms with Crippen molar-refractivity contribution in [2.24, 2.45) is 5.73 Å². The molecule has 2 aliphatic rings. The van der Waals surface area contributed by atoms with Crippen LogP contribution < -0.4 is 15.2 Å². The summed E-state index contributed by atoms with van der Waals surface area (Å²) in [5, 5.41) is 0.0904. The van der Waals surface area contributed by atoms with Crippen LogP contribution in [0.25, 0.3) is 0 Å². The number of halogens is 2. The van der Waals surface area contributed by atoms with E-state index in [0.717, 1.165) is 32.1 Å². The van der Waals surface area contributed by atoms with Crippen molar-refractivity contribution in [3.63, 3.8) is 0 Å². The second-order valence-electron chi connectivity index (χ2n) is 5.97. The molecule has 0 unspecified atom stereocenters. The van der Waals surface area contributed by atoms with E-state index < -0.39 is 5.82 Å². The maximum absolute atomic E-state index is 14.8. The molecule has 0 amide bonds. The summed E-state index contributed by atoms with van der Waals surface area (Å²) in [5.74, 6) is 0.669. The first-order valence-corrected chi connectivity index (χ1v) is 8.04. The minimum absolute atomic E-state index is 0.0904. The highest BCUT2D eigenvalue weighted by atomic mass is 35.5. The second kappa shape index (κ2) is 6.01. The molecule has 0 atom stereocenters. The molecule has 1 saturated carbocycles. The lowest BCUT2D eigenvalue weighted by molar-refractivity contribution is 0.263. The zero-order valence-electron chi connectivity index (χ0n) is 12.1. The van der Waals surface area contributed by atoms with Crippen LogP contribution in [0, 0.1) is 5.82 Å². The van der Waals surface area contributed by atoms with Crippen LogP contribution in [0.15, 0.2) is 6.07 Å². The van der Waals surface area contributed by atoms with Crippen molar-refractivity contribution in [1.29, 1.82) is 0 Å². The Morgan fingerprint density at radius 1 is 1.14 bits per heavy atom. The fourth-order valence-corrected chi connectivity index (χ4v) is 3.70. The van der Waals surface area contributed by atoms with E-state index in [4.69, 9.17) is 26.8 Å². The topological polar surface area (TPSA) is 44.5 Å². The Labute approximate surface area is 129 Å². The molecule has 1 aromatic carbocycles. The summed E-state index contributed by atoms with van der Waals surface area (Å²) in [5.41, 5.74) is 6.21. The van der Waals surface area contributed by atoms with Gasteiger partial charge >= 0.3 is 0 Å². The van der Waals surface area contributed by atoms with Gasteiger partial charge in [0.05, 0.1) is 18.2 Å². The molecule has 116 valence electrons. The van der Waals surface area contributed by atoms with Crippen molar-refractivity contribution in [2.45, 2.75) is 43.9 Å².